The number of hydrogen-bond acceptors (Lipinski definition) is 6. The Bertz CT molecular complexity index is 899. The minimum atomic E-state index is -1.42. The number of halogens is 2. The maximum Gasteiger partial charge on any atom is 0.355 e. The molecule has 0 unspecified atom stereocenters. The van der Waals surface area contributed by atoms with Crippen LogP contribution in [0.2, 0.25) is 0 Å². The summed E-state index contributed by atoms with van der Waals surface area (Å²) >= 11 is 5.95. The van der Waals surface area contributed by atoms with Crippen molar-refractivity contribution in [2.24, 2.45) is 0 Å². The molecule has 0 fully saturated rings. The number of carbonyl (C=O) groups excluding carboxylic acids is 2. The first kappa shape index (κ1) is 17.8. The molecule has 26 heavy (non-hydrogen) atoms. The molecule has 0 spiro atoms. The van der Waals surface area contributed by atoms with E-state index in [0.29, 0.717) is 11.4 Å². The summed E-state index contributed by atoms with van der Waals surface area (Å²) in [6.07, 6.45) is -1.42. The molecule has 3 rings (SSSR count). The molecule has 2 aromatic rings. The van der Waals surface area contributed by atoms with Crippen molar-refractivity contribution in [3.63, 3.8) is 0 Å². The fraction of sp³-hybridized carbons (Fsp3) is 0.111. The van der Waals surface area contributed by atoms with Crippen molar-refractivity contribution in [2.75, 3.05) is 12.4 Å². The molecular formula is C18H13ClFNO5. The van der Waals surface area contributed by atoms with Crippen LogP contribution >= 0.6 is 11.6 Å². The van der Waals surface area contributed by atoms with Gasteiger partial charge >= 0.3 is 11.9 Å². The SMILES string of the molecule is COc1cccc(NC2=C(Cl)C(=O)O[C@H]2OC(=O)c2ccccc2F)c1. The minimum Gasteiger partial charge on any atom is -0.497 e. The van der Waals surface area contributed by atoms with Gasteiger partial charge in [-0.1, -0.05) is 29.8 Å². The van der Waals surface area contributed by atoms with E-state index < -0.39 is 24.0 Å². The second-order valence-electron chi connectivity index (χ2n) is 5.21. The molecule has 1 heterocycles. The van der Waals surface area contributed by atoms with Gasteiger partial charge in [0.05, 0.1) is 12.7 Å². The lowest BCUT2D eigenvalue weighted by Crippen LogP contribution is -2.24. The zero-order chi connectivity index (χ0) is 18.7. The lowest BCUT2D eigenvalue weighted by Gasteiger charge is -2.16. The van der Waals surface area contributed by atoms with Gasteiger partial charge in [-0.2, -0.15) is 0 Å². The van der Waals surface area contributed by atoms with Gasteiger partial charge in [0.2, 0.25) is 0 Å². The summed E-state index contributed by atoms with van der Waals surface area (Å²) in [5.41, 5.74) is 0.282. The van der Waals surface area contributed by atoms with Gasteiger partial charge < -0.3 is 19.5 Å². The quantitative estimate of drug-likeness (QED) is 0.805. The highest BCUT2D eigenvalue weighted by molar-refractivity contribution is 6.42. The lowest BCUT2D eigenvalue weighted by molar-refractivity contribution is -0.152. The third kappa shape index (κ3) is 3.62. The Morgan fingerprint density at radius 3 is 2.73 bits per heavy atom. The fourth-order valence-electron chi connectivity index (χ4n) is 2.26. The molecule has 134 valence electrons. The highest BCUT2D eigenvalue weighted by Gasteiger charge is 2.37. The predicted molar refractivity (Wildman–Crippen MR) is 91.2 cm³/mol. The largest absolute Gasteiger partial charge is 0.497 e. The summed E-state index contributed by atoms with van der Waals surface area (Å²) in [5.74, 6) is -2.03. The van der Waals surface area contributed by atoms with Gasteiger partial charge in [-0.05, 0) is 24.3 Å². The number of carbonyl (C=O) groups is 2. The summed E-state index contributed by atoms with van der Waals surface area (Å²) in [6.45, 7) is 0. The second-order valence-corrected chi connectivity index (χ2v) is 5.58. The van der Waals surface area contributed by atoms with Crippen LogP contribution in [-0.2, 0) is 14.3 Å². The third-order valence-corrected chi connectivity index (χ3v) is 3.88. The lowest BCUT2D eigenvalue weighted by atomic mass is 10.2. The van der Waals surface area contributed by atoms with Crippen molar-refractivity contribution in [2.45, 2.75) is 6.29 Å². The Morgan fingerprint density at radius 1 is 1.23 bits per heavy atom. The standard InChI is InChI=1S/C18H13ClFNO5/c1-24-11-6-4-5-10(9-11)21-15-14(19)17(23)26-18(15)25-16(22)12-7-2-3-8-13(12)20/h2-9,18,21H,1H3/t18-/m1/s1. The average Bonchev–Trinajstić information content (AvgIpc) is 2.89. The maximum absolute atomic E-state index is 13.7. The maximum atomic E-state index is 13.7. The Kier molecular flexibility index (Phi) is 5.09. The van der Waals surface area contributed by atoms with E-state index in [1.54, 1.807) is 24.3 Å². The summed E-state index contributed by atoms with van der Waals surface area (Å²) < 4.78 is 28.9. The van der Waals surface area contributed by atoms with Gasteiger partial charge in [0.25, 0.3) is 6.29 Å². The molecule has 0 saturated heterocycles. The highest BCUT2D eigenvalue weighted by Crippen LogP contribution is 2.29. The van der Waals surface area contributed by atoms with Crippen molar-refractivity contribution in [3.05, 3.63) is 70.6 Å². The van der Waals surface area contributed by atoms with E-state index in [0.717, 1.165) is 6.07 Å². The summed E-state index contributed by atoms with van der Waals surface area (Å²) in [4.78, 5) is 23.9. The van der Waals surface area contributed by atoms with E-state index in [9.17, 15) is 14.0 Å². The molecule has 8 heteroatoms. The van der Waals surface area contributed by atoms with Crippen molar-refractivity contribution in [3.8, 4) is 5.75 Å². The van der Waals surface area contributed by atoms with E-state index in [4.69, 9.17) is 25.8 Å². The Morgan fingerprint density at radius 2 is 2.00 bits per heavy atom. The molecule has 1 N–H and O–H groups in total. The van der Waals surface area contributed by atoms with E-state index in [2.05, 4.69) is 5.32 Å². The first-order valence-electron chi connectivity index (χ1n) is 7.47. The van der Waals surface area contributed by atoms with Crippen LogP contribution in [0.5, 0.6) is 5.75 Å². The molecule has 0 amide bonds. The number of rotatable bonds is 5. The third-order valence-electron chi connectivity index (χ3n) is 3.52. The summed E-state index contributed by atoms with van der Waals surface area (Å²) in [5, 5.41) is 2.60. The molecular weight excluding hydrogens is 365 g/mol. The number of anilines is 1. The number of hydrogen-bond donors (Lipinski definition) is 1. The number of cyclic esters (lactones) is 1. The average molecular weight is 378 g/mol. The van der Waals surface area contributed by atoms with Gasteiger partial charge in [0.15, 0.2) is 5.03 Å². The molecule has 0 radical (unpaired) electrons. The van der Waals surface area contributed by atoms with Crippen molar-refractivity contribution < 1.29 is 28.2 Å². The molecule has 1 aliphatic rings. The number of nitrogens with one attached hydrogen (secondary N) is 1. The number of esters is 2. The van der Waals surface area contributed by atoms with E-state index in [-0.39, 0.29) is 16.3 Å². The van der Waals surface area contributed by atoms with Gasteiger partial charge in [-0.15, -0.1) is 0 Å². The van der Waals surface area contributed by atoms with Gasteiger partial charge in [-0.25, -0.2) is 14.0 Å². The van der Waals surface area contributed by atoms with Crippen LogP contribution in [0.15, 0.2) is 59.3 Å². The zero-order valence-electron chi connectivity index (χ0n) is 13.5. The monoisotopic (exact) mass is 377 g/mol. The van der Waals surface area contributed by atoms with Gasteiger partial charge in [0.1, 0.15) is 17.3 Å². The molecule has 1 atom stereocenters. The van der Waals surface area contributed by atoms with Crippen LogP contribution in [0.25, 0.3) is 0 Å². The first-order valence-corrected chi connectivity index (χ1v) is 7.84. The van der Waals surface area contributed by atoms with Gasteiger partial charge in [-0.3, -0.25) is 0 Å². The Balaban J connectivity index is 1.82. The number of methoxy groups -OCH3 is 1. The van der Waals surface area contributed by atoms with Crippen LogP contribution in [0.4, 0.5) is 10.1 Å². The van der Waals surface area contributed by atoms with E-state index >= 15 is 0 Å². The molecule has 0 saturated carbocycles. The van der Waals surface area contributed by atoms with Gasteiger partial charge in [0, 0.05) is 11.8 Å². The molecule has 0 aromatic heterocycles. The topological polar surface area (TPSA) is 73.9 Å². The molecule has 1 aliphatic heterocycles. The van der Waals surface area contributed by atoms with Crippen LogP contribution in [0.3, 0.4) is 0 Å². The van der Waals surface area contributed by atoms with E-state index in [1.807, 2.05) is 0 Å². The van der Waals surface area contributed by atoms with Crippen molar-refractivity contribution >= 4 is 29.2 Å². The Labute approximate surface area is 153 Å². The first-order chi connectivity index (χ1) is 12.5. The predicted octanol–water partition coefficient (Wildman–Crippen LogP) is 3.44. The summed E-state index contributed by atoms with van der Waals surface area (Å²) in [6, 6.07) is 12.1. The van der Waals surface area contributed by atoms with Crippen LogP contribution in [0, 0.1) is 5.82 Å². The number of ether oxygens (including phenoxy) is 3. The smallest absolute Gasteiger partial charge is 0.355 e. The molecule has 6 nitrogen and oxygen atoms in total. The minimum absolute atomic E-state index is 0.0367. The Hall–Kier alpha value is -3.06. The second kappa shape index (κ2) is 7.45. The van der Waals surface area contributed by atoms with Crippen LogP contribution in [-0.4, -0.2) is 25.3 Å². The zero-order valence-corrected chi connectivity index (χ0v) is 14.2. The fourth-order valence-corrected chi connectivity index (χ4v) is 2.44. The molecule has 0 aliphatic carbocycles. The van der Waals surface area contributed by atoms with Crippen LogP contribution < -0.4 is 10.1 Å². The van der Waals surface area contributed by atoms with Crippen molar-refractivity contribution in [1.82, 2.24) is 0 Å². The number of benzene rings is 2. The summed E-state index contributed by atoms with van der Waals surface area (Å²) in [7, 11) is 1.51. The molecule has 2 aromatic carbocycles. The highest BCUT2D eigenvalue weighted by atomic mass is 35.5. The van der Waals surface area contributed by atoms with E-state index in [1.165, 1.54) is 25.3 Å². The van der Waals surface area contributed by atoms with Crippen LogP contribution in [0.1, 0.15) is 10.4 Å². The normalized spacial score (nSPS) is 16.3. The van der Waals surface area contributed by atoms with Crippen molar-refractivity contribution in [1.29, 1.82) is 0 Å². The molecule has 0 bridgehead atoms.